The second kappa shape index (κ2) is 10.7. The van der Waals surface area contributed by atoms with Gasteiger partial charge in [0.25, 0.3) is 0 Å². The summed E-state index contributed by atoms with van der Waals surface area (Å²) in [4.78, 5) is 9.21. The van der Waals surface area contributed by atoms with Gasteiger partial charge in [-0.25, -0.2) is 0 Å². The monoisotopic (exact) mass is 426 g/mol. The summed E-state index contributed by atoms with van der Waals surface area (Å²) >= 11 is 2.82. The summed E-state index contributed by atoms with van der Waals surface area (Å²) in [5.41, 5.74) is 0. The minimum absolute atomic E-state index is 0.446. The lowest BCUT2D eigenvalue weighted by atomic mass is 10.4. The Labute approximate surface area is 164 Å². The maximum atomic E-state index is 9.81. The molecule has 0 heterocycles. The van der Waals surface area contributed by atoms with E-state index in [1.165, 1.54) is 22.0 Å². The van der Waals surface area contributed by atoms with Crippen molar-refractivity contribution in [1.82, 2.24) is 0 Å². The number of carboxylic acids is 1. The Morgan fingerprint density at radius 1 is 0.808 bits per heavy atom. The first-order chi connectivity index (χ1) is 12.6. The van der Waals surface area contributed by atoms with Gasteiger partial charge in [0, 0.05) is 0 Å². The number of aliphatic carboxylic acids is 1. The molecule has 0 bridgehead atoms. The van der Waals surface area contributed by atoms with Gasteiger partial charge in [0.15, 0.2) is 0 Å². The number of hydrogen-bond donors (Lipinski definition) is 1. The molecule has 3 aromatic rings. The summed E-state index contributed by atoms with van der Waals surface area (Å²) in [7, 11) is -0.446. The molecule has 26 heavy (non-hydrogen) atoms. The van der Waals surface area contributed by atoms with Crippen molar-refractivity contribution in [3.05, 3.63) is 104 Å². The topological polar surface area (TPSA) is 37.3 Å². The lowest BCUT2D eigenvalue weighted by Crippen LogP contribution is -2.20. The molecule has 0 radical (unpaired) electrons. The molecule has 1 unspecified atom stereocenters. The molecular weight excluding hydrogens is 407 g/mol. The van der Waals surface area contributed by atoms with Crippen LogP contribution in [0.4, 0.5) is 0 Å². The fraction of sp³-hybridized carbons (Fsp3) is 0.0455. The highest BCUT2D eigenvalue weighted by Crippen LogP contribution is 2.32. The SMILES string of the molecule is C=CC(Br)C(=O)O.c1ccc(P(c2ccccc2)c2ccccc2)cc1. The van der Waals surface area contributed by atoms with E-state index in [2.05, 4.69) is 114 Å². The summed E-state index contributed by atoms with van der Waals surface area (Å²) in [6.45, 7) is 3.25. The van der Waals surface area contributed by atoms with Crippen LogP contribution in [0.3, 0.4) is 0 Å². The highest BCUT2D eigenvalue weighted by Gasteiger charge is 2.14. The minimum atomic E-state index is -0.907. The maximum absolute atomic E-state index is 9.81. The van der Waals surface area contributed by atoms with Crippen molar-refractivity contribution in [1.29, 1.82) is 0 Å². The molecule has 0 saturated heterocycles. The zero-order valence-electron chi connectivity index (χ0n) is 14.2. The van der Waals surface area contributed by atoms with Crippen LogP contribution in [0.5, 0.6) is 0 Å². The number of alkyl halides is 1. The van der Waals surface area contributed by atoms with Crippen LogP contribution >= 0.6 is 23.9 Å². The van der Waals surface area contributed by atoms with Crippen LogP contribution in [0, 0.1) is 0 Å². The fourth-order valence-corrected chi connectivity index (χ4v) is 4.58. The normalized spacial score (nSPS) is 11.2. The van der Waals surface area contributed by atoms with Crippen LogP contribution in [-0.2, 0) is 4.79 Å². The summed E-state index contributed by atoms with van der Waals surface area (Å²) in [5, 5.41) is 12.3. The number of carboxylic acid groups (broad SMARTS) is 1. The predicted octanol–water partition coefficient (Wildman–Crippen LogP) is 4.47. The second-order valence-electron chi connectivity index (χ2n) is 5.32. The van der Waals surface area contributed by atoms with E-state index in [1.807, 2.05) is 0 Å². The highest BCUT2D eigenvalue weighted by molar-refractivity contribution is 9.10. The Bertz CT molecular complexity index is 713. The van der Waals surface area contributed by atoms with Crippen LogP contribution in [0.1, 0.15) is 0 Å². The largest absolute Gasteiger partial charge is 0.480 e. The molecule has 1 atom stereocenters. The van der Waals surface area contributed by atoms with Gasteiger partial charge in [-0.15, -0.1) is 6.58 Å². The van der Waals surface area contributed by atoms with Gasteiger partial charge >= 0.3 is 5.97 Å². The molecule has 0 aliphatic heterocycles. The number of hydrogen-bond acceptors (Lipinski definition) is 1. The second-order valence-corrected chi connectivity index (χ2v) is 8.52. The standard InChI is InChI=1S/C18H15P.C4H5BrO2/c1-4-10-16(11-5-1)19(17-12-6-2-7-13-17)18-14-8-3-9-15-18;1-2-3(5)4(6)7/h1-15H;2-3H,1H2,(H,6,7). The van der Waals surface area contributed by atoms with Crippen LogP contribution in [-0.4, -0.2) is 15.9 Å². The van der Waals surface area contributed by atoms with E-state index in [9.17, 15) is 4.79 Å². The maximum Gasteiger partial charge on any atom is 0.321 e. The molecule has 4 heteroatoms. The average Bonchev–Trinajstić information content (AvgIpc) is 2.70. The Morgan fingerprint density at radius 3 is 1.31 bits per heavy atom. The molecule has 0 amide bonds. The highest BCUT2D eigenvalue weighted by atomic mass is 79.9. The summed E-state index contributed by atoms with van der Waals surface area (Å²) in [5.74, 6) is -0.907. The van der Waals surface area contributed by atoms with Crippen molar-refractivity contribution in [2.75, 3.05) is 0 Å². The van der Waals surface area contributed by atoms with Crippen LogP contribution < -0.4 is 15.9 Å². The third-order valence-electron chi connectivity index (χ3n) is 3.49. The van der Waals surface area contributed by atoms with Gasteiger partial charge in [-0.1, -0.05) is 113 Å². The van der Waals surface area contributed by atoms with Gasteiger partial charge in [0.05, 0.1) is 0 Å². The van der Waals surface area contributed by atoms with Gasteiger partial charge in [0.1, 0.15) is 4.83 Å². The van der Waals surface area contributed by atoms with Crippen molar-refractivity contribution >= 4 is 45.7 Å². The fourth-order valence-electron chi connectivity index (χ4n) is 2.28. The first kappa shape index (κ1) is 20.1. The Kier molecular flexibility index (Phi) is 8.27. The molecule has 0 aliphatic carbocycles. The first-order valence-corrected chi connectivity index (χ1v) is 10.3. The Hall–Kier alpha value is -2.22. The zero-order valence-corrected chi connectivity index (χ0v) is 16.7. The van der Waals surface area contributed by atoms with E-state index in [0.717, 1.165) is 0 Å². The average molecular weight is 427 g/mol. The van der Waals surface area contributed by atoms with Crippen LogP contribution in [0.15, 0.2) is 104 Å². The smallest absolute Gasteiger partial charge is 0.321 e. The van der Waals surface area contributed by atoms with Crippen molar-refractivity contribution in [2.45, 2.75) is 4.83 Å². The molecular formula is C22H20BrO2P. The summed E-state index contributed by atoms with van der Waals surface area (Å²) < 4.78 is 0. The van der Waals surface area contributed by atoms with E-state index in [4.69, 9.17) is 5.11 Å². The predicted molar refractivity (Wildman–Crippen MR) is 116 cm³/mol. The van der Waals surface area contributed by atoms with E-state index in [0.29, 0.717) is 0 Å². The molecule has 0 spiro atoms. The van der Waals surface area contributed by atoms with E-state index in [-0.39, 0.29) is 0 Å². The van der Waals surface area contributed by atoms with Gasteiger partial charge in [-0.05, 0) is 23.8 Å². The van der Waals surface area contributed by atoms with Crippen molar-refractivity contribution < 1.29 is 9.90 Å². The number of carbonyl (C=O) groups is 1. The lowest BCUT2D eigenvalue weighted by molar-refractivity contribution is -0.135. The molecule has 3 aromatic carbocycles. The molecule has 3 rings (SSSR count). The van der Waals surface area contributed by atoms with Crippen molar-refractivity contribution in [3.8, 4) is 0 Å². The quantitative estimate of drug-likeness (QED) is 0.371. The number of benzene rings is 3. The first-order valence-electron chi connectivity index (χ1n) is 8.08. The molecule has 0 aliphatic rings. The van der Waals surface area contributed by atoms with Crippen molar-refractivity contribution in [3.63, 3.8) is 0 Å². The van der Waals surface area contributed by atoms with E-state index in [1.54, 1.807) is 0 Å². The summed E-state index contributed by atoms with van der Waals surface area (Å²) in [6, 6.07) is 32.3. The molecule has 1 N–H and O–H groups in total. The van der Waals surface area contributed by atoms with Gasteiger partial charge < -0.3 is 5.11 Å². The van der Waals surface area contributed by atoms with E-state index < -0.39 is 18.7 Å². The van der Waals surface area contributed by atoms with Crippen LogP contribution in [0.2, 0.25) is 0 Å². The van der Waals surface area contributed by atoms with Crippen molar-refractivity contribution in [2.24, 2.45) is 0 Å². The number of rotatable bonds is 5. The van der Waals surface area contributed by atoms with Gasteiger partial charge in [0.2, 0.25) is 0 Å². The lowest BCUT2D eigenvalue weighted by Gasteiger charge is -2.18. The van der Waals surface area contributed by atoms with Gasteiger partial charge in [-0.2, -0.15) is 0 Å². The van der Waals surface area contributed by atoms with E-state index >= 15 is 0 Å². The third-order valence-corrected chi connectivity index (χ3v) is 6.70. The summed E-state index contributed by atoms with van der Waals surface area (Å²) in [6.07, 6.45) is 1.31. The molecule has 2 nitrogen and oxygen atoms in total. The minimum Gasteiger partial charge on any atom is -0.480 e. The third kappa shape index (κ3) is 5.94. The van der Waals surface area contributed by atoms with Gasteiger partial charge in [-0.3, -0.25) is 4.79 Å². The zero-order chi connectivity index (χ0) is 18.8. The number of halogens is 1. The Morgan fingerprint density at radius 2 is 1.12 bits per heavy atom. The molecule has 0 saturated carbocycles. The molecule has 0 fully saturated rings. The molecule has 0 aromatic heterocycles. The van der Waals surface area contributed by atoms with Crippen LogP contribution in [0.25, 0.3) is 0 Å². The Balaban J connectivity index is 0.000000298. The molecule has 132 valence electrons.